The topological polar surface area (TPSA) is 163 Å². The summed E-state index contributed by atoms with van der Waals surface area (Å²) in [7, 11) is -4.02. The summed E-state index contributed by atoms with van der Waals surface area (Å²) in [5.41, 5.74) is 6.63. The highest BCUT2D eigenvalue weighted by atomic mass is 32.2. The maximum Gasteiger partial charge on any atom is 0.407 e. The van der Waals surface area contributed by atoms with Gasteiger partial charge in [0.05, 0.1) is 6.61 Å². The fourth-order valence-electron chi connectivity index (χ4n) is 2.98. The van der Waals surface area contributed by atoms with Crippen LogP contribution in [0.5, 0.6) is 0 Å². The van der Waals surface area contributed by atoms with Crippen LogP contribution in [0.25, 0.3) is 10.4 Å². The molecule has 1 fully saturated rings. The number of hydrogen-bond acceptors (Lipinski definition) is 7. The Morgan fingerprint density at radius 3 is 2.60 bits per heavy atom. The maximum absolute atomic E-state index is 12.7. The van der Waals surface area contributed by atoms with Gasteiger partial charge < -0.3 is 14.8 Å². The van der Waals surface area contributed by atoms with Crippen molar-refractivity contribution in [2.45, 2.75) is 45.3 Å². The minimum absolute atomic E-state index is 0.00254. The minimum Gasteiger partial charge on any atom is -0.465 e. The van der Waals surface area contributed by atoms with Gasteiger partial charge in [-0.25, -0.2) is 9.52 Å². The first-order valence-corrected chi connectivity index (χ1v) is 10.9. The van der Waals surface area contributed by atoms with E-state index in [0.29, 0.717) is 0 Å². The molecule has 0 aromatic rings. The van der Waals surface area contributed by atoms with Gasteiger partial charge in [-0.3, -0.25) is 4.79 Å². The number of rotatable bonds is 10. The van der Waals surface area contributed by atoms with Crippen molar-refractivity contribution < 1.29 is 27.5 Å². The van der Waals surface area contributed by atoms with E-state index in [4.69, 9.17) is 15.0 Å². The Bertz CT molecular complexity index is 789. The van der Waals surface area contributed by atoms with E-state index >= 15 is 0 Å². The molecule has 0 radical (unpaired) electrons. The SMILES string of the molecule is C=CC[C@@H]1CN(S(=O)(=O)NCCNC(=O)OC(C)(C)C)C[C@]1(N=[N+]=[N-])C(=O)OCC. The van der Waals surface area contributed by atoms with Crippen molar-refractivity contribution in [1.82, 2.24) is 14.3 Å². The van der Waals surface area contributed by atoms with Crippen molar-refractivity contribution in [1.29, 1.82) is 0 Å². The average Bonchev–Trinajstić information content (AvgIpc) is 2.99. The Balaban J connectivity index is 2.84. The highest BCUT2D eigenvalue weighted by Crippen LogP contribution is 2.36. The number of esters is 1. The van der Waals surface area contributed by atoms with E-state index in [1.165, 1.54) is 6.08 Å². The predicted molar refractivity (Wildman–Crippen MR) is 110 cm³/mol. The van der Waals surface area contributed by atoms with Crippen molar-refractivity contribution in [3.05, 3.63) is 23.1 Å². The molecule has 0 aliphatic carbocycles. The molecule has 0 unspecified atom stereocenters. The molecule has 1 saturated heterocycles. The van der Waals surface area contributed by atoms with Gasteiger partial charge in [0.1, 0.15) is 5.60 Å². The summed E-state index contributed by atoms with van der Waals surface area (Å²) in [4.78, 5) is 26.9. The second kappa shape index (κ2) is 10.6. The average molecular weight is 447 g/mol. The predicted octanol–water partition coefficient (Wildman–Crippen LogP) is 1.47. The third-order valence-electron chi connectivity index (χ3n) is 4.24. The Morgan fingerprint density at radius 2 is 2.07 bits per heavy atom. The number of carbonyl (C=O) groups excluding carboxylic acids is 2. The smallest absolute Gasteiger partial charge is 0.407 e. The van der Waals surface area contributed by atoms with E-state index in [2.05, 4.69) is 26.6 Å². The standard InChI is InChI=1S/C17H30N6O6S/c1-6-8-13-11-23(12-17(13,21-22-18)14(24)28-7-2)30(26,27)20-10-9-19-15(25)29-16(3,4)5/h6,13,20H,1,7-12H2,2-5H3,(H,19,25)/t13-,17-/m1/s1. The summed E-state index contributed by atoms with van der Waals surface area (Å²) in [5.74, 6) is -1.40. The number of carbonyl (C=O) groups is 2. The molecule has 170 valence electrons. The van der Waals surface area contributed by atoms with E-state index in [-0.39, 0.29) is 39.2 Å². The molecule has 0 aromatic heterocycles. The number of nitrogens with one attached hydrogen (secondary N) is 2. The zero-order valence-corrected chi connectivity index (χ0v) is 18.6. The molecular weight excluding hydrogens is 416 g/mol. The molecule has 1 aliphatic rings. The van der Waals surface area contributed by atoms with Crippen LogP contribution in [0.4, 0.5) is 4.79 Å². The summed E-state index contributed by atoms with van der Waals surface area (Å²) in [6.07, 6.45) is 1.11. The fraction of sp³-hybridized carbons (Fsp3) is 0.765. The molecule has 0 saturated carbocycles. The molecular formula is C17H30N6O6S. The fourth-order valence-corrected chi connectivity index (χ4v) is 4.27. The lowest BCUT2D eigenvalue weighted by atomic mass is 9.85. The molecule has 2 atom stereocenters. The number of amides is 1. The Morgan fingerprint density at radius 1 is 1.40 bits per heavy atom. The highest BCUT2D eigenvalue weighted by molar-refractivity contribution is 7.87. The van der Waals surface area contributed by atoms with Gasteiger partial charge in [0, 0.05) is 31.1 Å². The van der Waals surface area contributed by atoms with E-state index < -0.39 is 39.3 Å². The van der Waals surface area contributed by atoms with Crippen LogP contribution in [0.2, 0.25) is 0 Å². The Hall–Kier alpha value is -2.34. The molecule has 12 nitrogen and oxygen atoms in total. The van der Waals surface area contributed by atoms with Gasteiger partial charge >= 0.3 is 12.1 Å². The monoisotopic (exact) mass is 446 g/mol. The summed E-state index contributed by atoms with van der Waals surface area (Å²) in [6, 6.07) is 0. The van der Waals surface area contributed by atoms with Crippen molar-refractivity contribution in [2.75, 3.05) is 32.8 Å². The minimum atomic E-state index is -4.02. The number of hydrogen-bond donors (Lipinski definition) is 2. The van der Waals surface area contributed by atoms with Crippen LogP contribution in [0.1, 0.15) is 34.1 Å². The van der Waals surface area contributed by atoms with Crippen LogP contribution in [-0.4, -0.2) is 68.7 Å². The number of ether oxygens (including phenoxy) is 2. The molecule has 1 rings (SSSR count). The lowest BCUT2D eigenvalue weighted by molar-refractivity contribution is -0.150. The Kier molecular flexibility index (Phi) is 9.09. The number of azide groups is 1. The summed E-state index contributed by atoms with van der Waals surface area (Å²) >= 11 is 0. The first-order valence-electron chi connectivity index (χ1n) is 9.47. The Labute approximate surface area is 176 Å². The molecule has 0 spiro atoms. The van der Waals surface area contributed by atoms with Crippen LogP contribution >= 0.6 is 0 Å². The molecule has 1 heterocycles. The van der Waals surface area contributed by atoms with E-state index in [9.17, 15) is 18.0 Å². The van der Waals surface area contributed by atoms with Gasteiger partial charge in [-0.1, -0.05) is 11.2 Å². The van der Waals surface area contributed by atoms with Gasteiger partial charge in [-0.05, 0) is 45.6 Å². The number of nitrogens with zero attached hydrogens (tertiary/aromatic N) is 4. The first-order chi connectivity index (χ1) is 13.9. The number of alkyl carbamates (subject to hydrolysis) is 1. The molecule has 30 heavy (non-hydrogen) atoms. The van der Waals surface area contributed by atoms with Gasteiger partial charge in [0.15, 0.2) is 5.54 Å². The molecule has 1 aliphatic heterocycles. The van der Waals surface area contributed by atoms with Crippen molar-refractivity contribution in [2.24, 2.45) is 11.0 Å². The summed E-state index contributed by atoms with van der Waals surface area (Å²) in [5, 5.41) is 6.08. The van der Waals surface area contributed by atoms with Gasteiger partial charge in [0.25, 0.3) is 10.2 Å². The highest BCUT2D eigenvalue weighted by Gasteiger charge is 2.55. The first kappa shape index (κ1) is 25.7. The van der Waals surface area contributed by atoms with E-state index in [1.807, 2.05) is 0 Å². The zero-order valence-electron chi connectivity index (χ0n) is 17.8. The lowest BCUT2D eigenvalue weighted by Crippen LogP contribution is -2.48. The van der Waals surface area contributed by atoms with Crippen LogP contribution in [0, 0.1) is 5.92 Å². The second-order valence-electron chi connectivity index (χ2n) is 7.68. The normalized spacial score (nSPS) is 22.1. The van der Waals surface area contributed by atoms with E-state index in [0.717, 1.165) is 4.31 Å². The quantitative estimate of drug-likeness (QED) is 0.129. The van der Waals surface area contributed by atoms with Gasteiger partial charge in [-0.2, -0.15) is 12.7 Å². The van der Waals surface area contributed by atoms with Crippen LogP contribution in [0.15, 0.2) is 17.8 Å². The van der Waals surface area contributed by atoms with Gasteiger partial charge in [0.2, 0.25) is 0 Å². The zero-order chi connectivity index (χ0) is 23.0. The second-order valence-corrected chi connectivity index (χ2v) is 9.43. The van der Waals surface area contributed by atoms with Crippen LogP contribution in [-0.2, 0) is 24.5 Å². The van der Waals surface area contributed by atoms with Crippen molar-refractivity contribution >= 4 is 22.3 Å². The largest absolute Gasteiger partial charge is 0.465 e. The lowest BCUT2D eigenvalue weighted by Gasteiger charge is -2.26. The van der Waals surface area contributed by atoms with Crippen LogP contribution < -0.4 is 10.0 Å². The summed E-state index contributed by atoms with van der Waals surface area (Å²) < 4.78 is 38.9. The van der Waals surface area contributed by atoms with Gasteiger partial charge in [-0.15, -0.1) is 6.58 Å². The third-order valence-corrected chi connectivity index (χ3v) is 5.76. The van der Waals surface area contributed by atoms with Crippen molar-refractivity contribution in [3.63, 3.8) is 0 Å². The van der Waals surface area contributed by atoms with E-state index in [1.54, 1.807) is 27.7 Å². The molecule has 13 heteroatoms. The molecule has 1 amide bonds. The van der Waals surface area contributed by atoms with Crippen LogP contribution in [0.3, 0.4) is 0 Å². The third kappa shape index (κ3) is 6.87. The molecule has 2 N–H and O–H groups in total. The maximum atomic E-state index is 12.7. The van der Waals surface area contributed by atoms with Crippen molar-refractivity contribution in [3.8, 4) is 0 Å². The molecule has 0 bridgehead atoms. The number of allylic oxidation sites excluding steroid dienone is 1. The summed E-state index contributed by atoms with van der Waals surface area (Å²) in [6.45, 7) is 9.90. The molecule has 0 aromatic carbocycles.